The minimum Gasteiger partial charge on any atom is -0.376 e. The van der Waals surface area contributed by atoms with Gasteiger partial charge in [0.2, 0.25) is 0 Å². The van der Waals surface area contributed by atoms with Crippen molar-refractivity contribution < 1.29 is 4.74 Å². The smallest absolute Gasteiger partial charge is 0.0703 e. The standard InChI is InChI=1S/C9H17NO/c1-7-2-9(3-7)4-8(5-10)11-6-9/h7-8H,2-6,10H2,1H3. The second-order valence-corrected chi connectivity index (χ2v) is 4.39. The molecular weight excluding hydrogens is 138 g/mol. The Morgan fingerprint density at radius 3 is 2.64 bits per heavy atom. The van der Waals surface area contributed by atoms with Crippen molar-refractivity contribution in [1.82, 2.24) is 0 Å². The predicted molar refractivity (Wildman–Crippen MR) is 44.2 cm³/mol. The van der Waals surface area contributed by atoms with Crippen LogP contribution in [0.1, 0.15) is 26.2 Å². The minimum atomic E-state index is 0.363. The Labute approximate surface area is 68.1 Å². The van der Waals surface area contributed by atoms with Crippen LogP contribution in [-0.4, -0.2) is 19.3 Å². The van der Waals surface area contributed by atoms with Crippen LogP contribution in [0.3, 0.4) is 0 Å². The Bertz CT molecular complexity index is 152. The van der Waals surface area contributed by atoms with Gasteiger partial charge in [0, 0.05) is 6.54 Å². The molecule has 1 spiro atoms. The Morgan fingerprint density at radius 2 is 2.18 bits per heavy atom. The lowest BCUT2D eigenvalue weighted by atomic mass is 9.62. The fourth-order valence-corrected chi connectivity index (χ4v) is 2.75. The summed E-state index contributed by atoms with van der Waals surface area (Å²) in [6.45, 7) is 4.00. The summed E-state index contributed by atoms with van der Waals surface area (Å²) in [6.07, 6.45) is 4.31. The quantitative estimate of drug-likeness (QED) is 0.616. The van der Waals surface area contributed by atoms with Gasteiger partial charge in [-0.15, -0.1) is 0 Å². The monoisotopic (exact) mass is 155 g/mol. The molecule has 1 heterocycles. The lowest BCUT2D eigenvalue weighted by Crippen LogP contribution is -2.36. The molecule has 2 aliphatic rings. The molecule has 0 amide bonds. The summed E-state index contributed by atoms with van der Waals surface area (Å²) in [4.78, 5) is 0. The largest absolute Gasteiger partial charge is 0.376 e. The summed E-state index contributed by atoms with van der Waals surface area (Å²) in [7, 11) is 0. The Morgan fingerprint density at radius 1 is 1.45 bits per heavy atom. The Hall–Kier alpha value is -0.0800. The summed E-state index contributed by atoms with van der Waals surface area (Å²) in [6, 6.07) is 0. The molecule has 1 saturated heterocycles. The molecule has 64 valence electrons. The van der Waals surface area contributed by atoms with E-state index in [0.717, 1.165) is 12.5 Å². The van der Waals surface area contributed by atoms with Crippen LogP contribution < -0.4 is 5.73 Å². The SMILES string of the molecule is CC1CC2(COC(CN)C2)C1. The minimum absolute atomic E-state index is 0.363. The number of ether oxygens (including phenoxy) is 1. The van der Waals surface area contributed by atoms with E-state index in [2.05, 4.69) is 6.92 Å². The Kier molecular flexibility index (Phi) is 1.69. The number of nitrogens with two attached hydrogens (primary N) is 1. The van der Waals surface area contributed by atoms with E-state index in [1.807, 2.05) is 0 Å². The summed E-state index contributed by atoms with van der Waals surface area (Å²) in [5.41, 5.74) is 6.10. The van der Waals surface area contributed by atoms with Crippen molar-refractivity contribution in [3.63, 3.8) is 0 Å². The average Bonchev–Trinajstić information content (AvgIpc) is 2.31. The van der Waals surface area contributed by atoms with Gasteiger partial charge in [-0.3, -0.25) is 0 Å². The van der Waals surface area contributed by atoms with Gasteiger partial charge >= 0.3 is 0 Å². The summed E-state index contributed by atoms with van der Waals surface area (Å²) >= 11 is 0. The molecule has 2 fully saturated rings. The highest BCUT2D eigenvalue weighted by molar-refractivity contribution is 4.97. The highest BCUT2D eigenvalue weighted by Gasteiger charge is 2.47. The molecule has 0 radical (unpaired) electrons. The van der Waals surface area contributed by atoms with Crippen LogP contribution in [0.4, 0.5) is 0 Å². The number of hydrogen-bond donors (Lipinski definition) is 1. The fraction of sp³-hybridized carbons (Fsp3) is 1.00. The lowest BCUT2D eigenvalue weighted by molar-refractivity contribution is 0.0392. The lowest BCUT2D eigenvalue weighted by Gasteiger charge is -2.42. The third kappa shape index (κ3) is 1.18. The maximum Gasteiger partial charge on any atom is 0.0703 e. The first kappa shape index (κ1) is 7.56. The molecule has 2 heteroatoms. The topological polar surface area (TPSA) is 35.2 Å². The van der Waals surface area contributed by atoms with Crippen LogP contribution in [0, 0.1) is 11.3 Å². The predicted octanol–water partition coefficient (Wildman–Crippen LogP) is 1.15. The van der Waals surface area contributed by atoms with Gasteiger partial charge in [0.1, 0.15) is 0 Å². The first-order chi connectivity index (χ1) is 5.24. The van der Waals surface area contributed by atoms with Crippen LogP contribution in [0.2, 0.25) is 0 Å². The third-order valence-electron chi connectivity index (χ3n) is 3.11. The Balaban J connectivity index is 1.89. The molecule has 1 atom stereocenters. The molecular formula is C9H17NO. The van der Waals surface area contributed by atoms with E-state index in [1.54, 1.807) is 0 Å². The molecule has 0 aromatic rings. The molecule has 2 N–H and O–H groups in total. The molecule has 2 nitrogen and oxygen atoms in total. The summed E-state index contributed by atoms with van der Waals surface area (Å²) in [5, 5.41) is 0. The van der Waals surface area contributed by atoms with Crippen LogP contribution >= 0.6 is 0 Å². The number of hydrogen-bond acceptors (Lipinski definition) is 2. The van der Waals surface area contributed by atoms with Crippen molar-refractivity contribution >= 4 is 0 Å². The highest BCUT2D eigenvalue weighted by Crippen LogP contribution is 2.52. The van der Waals surface area contributed by atoms with E-state index in [1.165, 1.54) is 19.3 Å². The molecule has 1 unspecified atom stereocenters. The fourth-order valence-electron chi connectivity index (χ4n) is 2.75. The van der Waals surface area contributed by atoms with Gasteiger partial charge in [-0.2, -0.15) is 0 Å². The molecule has 0 aromatic heterocycles. The molecule has 1 aliphatic carbocycles. The van der Waals surface area contributed by atoms with Crippen molar-refractivity contribution in [3.8, 4) is 0 Å². The molecule has 1 aliphatic heterocycles. The second-order valence-electron chi connectivity index (χ2n) is 4.39. The van der Waals surface area contributed by atoms with E-state index in [0.29, 0.717) is 18.1 Å². The van der Waals surface area contributed by atoms with Crippen molar-refractivity contribution in [2.24, 2.45) is 17.1 Å². The van der Waals surface area contributed by atoms with E-state index < -0.39 is 0 Å². The van der Waals surface area contributed by atoms with Gasteiger partial charge in [0.25, 0.3) is 0 Å². The molecule has 1 saturated carbocycles. The zero-order valence-electron chi connectivity index (χ0n) is 7.18. The van der Waals surface area contributed by atoms with E-state index in [-0.39, 0.29) is 0 Å². The van der Waals surface area contributed by atoms with Crippen LogP contribution in [-0.2, 0) is 4.74 Å². The van der Waals surface area contributed by atoms with Gasteiger partial charge in [-0.05, 0) is 30.6 Å². The van der Waals surface area contributed by atoms with Gasteiger partial charge in [-0.25, -0.2) is 0 Å². The first-order valence-electron chi connectivity index (χ1n) is 4.56. The maximum absolute atomic E-state index is 5.58. The normalized spacial score (nSPS) is 49.6. The molecule has 11 heavy (non-hydrogen) atoms. The molecule has 2 rings (SSSR count). The van der Waals surface area contributed by atoms with Gasteiger partial charge in [0.15, 0.2) is 0 Å². The molecule has 0 bridgehead atoms. The molecule has 0 aromatic carbocycles. The van der Waals surface area contributed by atoms with E-state index in [9.17, 15) is 0 Å². The number of rotatable bonds is 1. The van der Waals surface area contributed by atoms with Gasteiger partial charge in [0.05, 0.1) is 12.7 Å². The van der Waals surface area contributed by atoms with Crippen molar-refractivity contribution in [2.45, 2.75) is 32.3 Å². The van der Waals surface area contributed by atoms with Crippen LogP contribution in [0.25, 0.3) is 0 Å². The zero-order valence-corrected chi connectivity index (χ0v) is 7.18. The maximum atomic E-state index is 5.58. The van der Waals surface area contributed by atoms with E-state index in [4.69, 9.17) is 10.5 Å². The van der Waals surface area contributed by atoms with E-state index >= 15 is 0 Å². The third-order valence-corrected chi connectivity index (χ3v) is 3.11. The van der Waals surface area contributed by atoms with Crippen molar-refractivity contribution in [2.75, 3.05) is 13.2 Å². The summed E-state index contributed by atoms with van der Waals surface area (Å²) in [5.74, 6) is 0.926. The van der Waals surface area contributed by atoms with Crippen molar-refractivity contribution in [1.29, 1.82) is 0 Å². The first-order valence-corrected chi connectivity index (χ1v) is 4.56. The van der Waals surface area contributed by atoms with Crippen molar-refractivity contribution in [3.05, 3.63) is 0 Å². The summed E-state index contributed by atoms with van der Waals surface area (Å²) < 4.78 is 5.58. The van der Waals surface area contributed by atoms with Gasteiger partial charge < -0.3 is 10.5 Å². The average molecular weight is 155 g/mol. The van der Waals surface area contributed by atoms with Crippen LogP contribution in [0.5, 0.6) is 0 Å². The van der Waals surface area contributed by atoms with Gasteiger partial charge in [-0.1, -0.05) is 6.92 Å². The highest BCUT2D eigenvalue weighted by atomic mass is 16.5. The van der Waals surface area contributed by atoms with Crippen LogP contribution in [0.15, 0.2) is 0 Å². The second kappa shape index (κ2) is 2.46. The zero-order chi connectivity index (χ0) is 7.90.